The van der Waals surface area contributed by atoms with E-state index in [9.17, 15) is 4.79 Å². The molecule has 0 aromatic rings. The van der Waals surface area contributed by atoms with Crippen LogP contribution in [0.4, 0.5) is 4.79 Å². The van der Waals surface area contributed by atoms with E-state index >= 15 is 0 Å². The number of nitrogens with zero attached hydrogens (tertiary/aromatic N) is 1. The maximum Gasteiger partial charge on any atom is 0.316 e. The molecule has 1 aliphatic rings. The highest BCUT2D eigenvalue weighted by Gasteiger charge is 2.14. The Morgan fingerprint density at radius 2 is 1.92 bits per heavy atom. The average molecular weight is 184 g/mol. The highest BCUT2D eigenvalue weighted by atomic mass is 16.2. The van der Waals surface area contributed by atoms with Crippen molar-refractivity contribution in [1.82, 2.24) is 10.2 Å². The summed E-state index contributed by atoms with van der Waals surface area (Å²) in [6.07, 6.45) is 6.62. The van der Waals surface area contributed by atoms with Crippen molar-refractivity contribution in [2.75, 3.05) is 20.6 Å². The van der Waals surface area contributed by atoms with E-state index in [0.29, 0.717) is 0 Å². The Bertz CT molecular complexity index is 162. The predicted octanol–water partition coefficient (Wildman–Crippen LogP) is 1.84. The van der Waals surface area contributed by atoms with E-state index in [1.54, 1.807) is 19.0 Å². The molecule has 0 heterocycles. The number of amides is 2. The molecule has 0 bridgehead atoms. The second kappa shape index (κ2) is 5.10. The van der Waals surface area contributed by atoms with Crippen LogP contribution < -0.4 is 5.32 Å². The van der Waals surface area contributed by atoms with E-state index in [0.717, 1.165) is 12.5 Å². The van der Waals surface area contributed by atoms with Crippen LogP contribution in [0.2, 0.25) is 0 Å². The standard InChI is InChI=1S/C10H20N2O/c1-12(2)10(13)11-8-9-6-4-3-5-7-9/h9H,3-8H2,1-2H3,(H,11,13). The fraction of sp³-hybridized carbons (Fsp3) is 0.900. The molecule has 76 valence electrons. The van der Waals surface area contributed by atoms with Crippen molar-refractivity contribution < 1.29 is 4.79 Å². The zero-order valence-electron chi connectivity index (χ0n) is 8.68. The largest absolute Gasteiger partial charge is 0.338 e. The molecule has 2 amide bonds. The lowest BCUT2D eigenvalue weighted by atomic mass is 9.89. The topological polar surface area (TPSA) is 32.3 Å². The molecule has 0 aromatic heterocycles. The van der Waals surface area contributed by atoms with Gasteiger partial charge >= 0.3 is 6.03 Å². The van der Waals surface area contributed by atoms with Crippen LogP contribution in [0.25, 0.3) is 0 Å². The highest BCUT2D eigenvalue weighted by Crippen LogP contribution is 2.22. The first-order valence-electron chi connectivity index (χ1n) is 5.15. The molecular formula is C10H20N2O. The fourth-order valence-electron chi connectivity index (χ4n) is 1.78. The van der Waals surface area contributed by atoms with Gasteiger partial charge in [-0.25, -0.2) is 4.79 Å². The van der Waals surface area contributed by atoms with Crippen LogP contribution in [0, 0.1) is 5.92 Å². The van der Waals surface area contributed by atoms with Crippen molar-refractivity contribution >= 4 is 6.03 Å². The van der Waals surface area contributed by atoms with E-state index < -0.39 is 0 Å². The third kappa shape index (κ3) is 3.66. The van der Waals surface area contributed by atoms with E-state index in [1.807, 2.05) is 0 Å². The van der Waals surface area contributed by atoms with Crippen LogP contribution in [0.1, 0.15) is 32.1 Å². The molecule has 13 heavy (non-hydrogen) atoms. The summed E-state index contributed by atoms with van der Waals surface area (Å²) in [5.74, 6) is 0.720. The lowest BCUT2D eigenvalue weighted by Crippen LogP contribution is -2.37. The van der Waals surface area contributed by atoms with Crippen LogP contribution in [0.5, 0.6) is 0 Å². The maximum atomic E-state index is 11.2. The van der Waals surface area contributed by atoms with Gasteiger partial charge in [-0.1, -0.05) is 19.3 Å². The van der Waals surface area contributed by atoms with E-state index in [1.165, 1.54) is 32.1 Å². The Kier molecular flexibility index (Phi) is 4.06. The van der Waals surface area contributed by atoms with Gasteiger partial charge in [-0.2, -0.15) is 0 Å². The van der Waals surface area contributed by atoms with E-state index in [2.05, 4.69) is 5.32 Å². The van der Waals surface area contributed by atoms with Gasteiger partial charge in [0, 0.05) is 20.6 Å². The first-order chi connectivity index (χ1) is 6.20. The zero-order chi connectivity index (χ0) is 9.68. The Labute approximate surface area is 80.5 Å². The molecule has 1 rings (SSSR count). The first kappa shape index (κ1) is 10.4. The number of rotatable bonds is 2. The van der Waals surface area contributed by atoms with Gasteiger partial charge in [0.1, 0.15) is 0 Å². The predicted molar refractivity (Wildman–Crippen MR) is 53.7 cm³/mol. The monoisotopic (exact) mass is 184 g/mol. The summed E-state index contributed by atoms with van der Waals surface area (Å²) >= 11 is 0. The number of urea groups is 1. The van der Waals surface area contributed by atoms with Gasteiger partial charge in [0.15, 0.2) is 0 Å². The molecule has 0 spiro atoms. The number of carbonyl (C=O) groups excluding carboxylic acids is 1. The molecule has 0 aliphatic heterocycles. The molecule has 1 aliphatic carbocycles. The van der Waals surface area contributed by atoms with Gasteiger partial charge in [0.25, 0.3) is 0 Å². The molecule has 1 fully saturated rings. The molecule has 0 saturated heterocycles. The minimum Gasteiger partial charge on any atom is -0.338 e. The first-order valence-corrected chi connectivity index (χ1v) is 5.15. The molecule has 3 heteroatoms. The second-order valence-electron chi connectivity index (χ2n) is 4.08. The average Bonchev–Trinajstić information content (AvgIpc) is 2.15. The van der Waals surface area contributed by atoms with Gasteiger partial charge in [-0.15, -0.1) is 0 Å². The lowest BCUT2D eigenvalue weighted by molar-refractivity contribution is 0.213. The third-order valence-electron chi connectivity index (χ3n) is 2.67. The van der Waals surface area contributed by atoms with Crippen molar-refractivity contribution in [1.29, 1.82) is 0 Å². The van der Waals surface area contributed by atoms with Gasteiger partial charge in [0.2, 0.25) is 0 Å². The Hall–Kier alpha value is -0.730. The molecular weight excluding hydrogens is 164 g/mol. The molecule has 0 unspecified atom stereocenters. The van der Waals surface area contributed by atoms with Crippen molar-refractivity contribution in [2.45, 2.75) is 32.1 Å². The molecule has 0 aromatic carbocycles. The van der Waals surface area contributed by atoms with Crippen LogP contribution in [-0.4, -0.2) is 31.6 Å². The summed E-state index contributed by atoms with van der Waals surface area (Å²) in [4.78, 5) is 12.8. The normalized spacial score (nSPS) is 18.3. The van der Waals surface area contributed by atoms with Gasteiger partial charge in [-0.3, -0.25) is 0 Å². The smallest absolute Gasteiger partial charge is 0.316 e. The number of nitrogens with one attached hydrogen (secondary N) is 1. The SMILES string of the molecule is CN(C)C(=O)NCC1CCCCC1. The lowest BCUT2D eigenvalue weighted by Gasteiger charge is -2.22. The summed E-state index contributed by atoms with van der Waals surface area (Å²) in [7, 11) is 3.55. The minimum atomic E-state index is 0.0329. The second-order valence-corrected chi connectivity index (χ2v) is 4.08. The number of carbonyl (C=O) groups is 1. The van der Waals surface area contributed by atoms with Crippen molar-refractivity contribution in [3.63, 3.8) is 0 Å². The van der Waals surface area contributed by atoms with Gasteiger partial charge in [-0.05, 0) is 18.8 Å². The molecule has 0 radical (unpaired) electrons. The molecule has 3 nitrogen and oxygen atoms in total. The Morgan fingerprint density at radius 1 is 1.31 bits per heavy atom. The summed E-state index contributed by atoms with van der Waals surface area (Å²) in [5.41, 5.74) is 0. The van der Waals surface area contributed by atoms with Crippen molar-refractivity contribution in [3.05, 3.63) is 0 Å². The van der Waals surface area contributed by atoms with E-state index in [4.69, 9.17) is 0 Å². The van der Waals surface area contributed by atoms with Crippen LogP contribution >= 0.6 is 0 Å². The van der Waals surface area contributed by atoms with Gasteiger partial charge < -0.3 is 10.2 Å². The number of hydrogen-bond donors (Lipinski definition) is 1. The minimum absolute atomic E-state index is 0.0329. The summed E-state index contributed by atoms with van der Waals surface area (Å²) in [6.45, 7) is 0.858. The molecule has 1 N–H and O–H groups in total. The quantitative estimate of drug-likeness (QED) is 0.697. The van der Waals surface area contributed by atoms with Gasteiger partial charge in [0.05, 0.1) is 0 Å². The molecule has 0 atom stereocenters. The summed E-state index contributed by atoms with van der Waals surface area (Å²) < 4.78 is 0. The summed E-state index contributed by atoms with van der Waals surface area (Å²) in [5, 5.41) is 2.94. The molecule has 1 saturated carbocycles. The zero-order valence-corrected chi connectivity index (χ0v) is 8.68. The van der Waals surface area contributed by atoms with Crippen molar-refractivity contribution in [2.24, 2.45) is 5.92 Å². The van der Waals surface area contributed by atoms with E-state index in [-0.39, 0.29) is 6.03 Å². The Balaban J connectivity index is 2.13. The summed E-state index contributed by atoms with van der Waals surface area (Å²) in [6, 6.07) is 0.0329. The number of hydrogen-bond acceptors (Lipinski definition) is 1. The van der Waals surface area contributed by atoms with Crippen LogP contribution in [-0.2, 0) is 0 Å². The Morgan fingerprint density at radius 3 is 2.46 bits per heavy atom. The highest BCUT2D eigenvalue weighted by molar-refractivity contribution is 5.73. The van der Waals surface area contributed by atoms with Crippen LogP contribution in [0.15, 0.2) is 0 Å². The van der Waals surface area contributed by atoms with Crippen LogP contribution in [0.3, 0.4) is 0 Å². The maximum absolute atomic E-state index is 11.2. The third-order valence-corrected chi connectivity index (χ3v) is 2.67. The van der Waals surface area contributed by atoms with Crippen molar-refractivity contribution in [3.8, 4) is 0 Å². The fourth-order valence-corrected chi connectivity index (χ4v) is 1.78.